The molecule has 0 saturated heterocycles. The largest absolute Gasteiger partial charge is 0.545 e. The predicted molar refractivity (Wildman–Crippen MR) is 102 cm³/mol. The number of carboxylic acids is 2. The first-order valence-corrected chi connectivity index (χ1v) is 7.95. The van der Waals surface area contributed by atoms with Crippen LogP contribution in [0.3, 0.4) is 0 Å². The third-order valence-electron chi connectivity index (χ3n) is 2.89. The number of nitrogen functional groups attached to an aromatic ring is 2. The van der Waals surface area contributed by atoms with Crippen molar-refractivity contribution in [3.05, 3.63) is 60.3 Å². The van der Waals surface area contributed by atoms with E-state index >= 15 is 0 Å². The normalized spacial score (nSPS) is 8.96. The van der Waals surface area contributed by atoms with Crippen molar-refractivity contribution >= 4 is 35.3 Å². The molecule has 9 heteroatoms. The molecule has 0 aliphatic carbocycles. The molecule has 2 aromatic rings. The van der Waals surface area contributed by atoms with Crippen molar-refractivity contribution in [1.29, 1.82) is 0 Å². The fourth-order valence-electron chi connectivity index (χ4n) is 1.78. The highest BCUT2D eigenvalue weighted by molar-refractivity contribution is 6.30. The summed E-state index contributed by atoms with van der Waals surface area (Å²) in [6.07, 6.45) is 2.32. The van der Waals surface area contributed by atoms with E-state index in [1.807, 2.05) is 31.2 Å². The lowest BCUT2D eigenvalue weighted by atomic mass is 10.0. The second kappa shape index (κ2) is 12.0. The molecular formula is C18H21ClN4O4. The van der Waals surface area contributed by atoms with Gasteiger partial charge in [0.05, 0.1) is 11.5 Å². The summed E-state index contributed by atoms with van der Waals surface area (Å²) in [7, 11) is 0. The molecule has 27 heavy (non-hydrogen) atoms. The number of hydrogen-bond donors (Lipinski definition) is 3. The van der Waals surface area contributed by atoms with Gasteiger partial charge >= 0.3 is 11.9 Å². The van der Waals surface area contributed by atoms with E-state index in [1.165, 1.54) is 0 Å². The SMILES string of the molecule is C=CC(=O)O.C=CC(=O)[O-].CCc1nc(N)[nH+]c(N)c1-c1ccc(Cl)cc1. The highest BCUT2D eigenvalue weighted by atomic mass is 35.5. The van der Waals surface area contributed by atoms with Crippen LogP contribution in [0.15, 0.2) is 49.6 Å². The number of nitrogens with zero attached hydrogens (tertiary/aromatic N) is 1. The molecule has 8 nitrogen and oxygen atoms in total. The van der Waals surface area contributed by atoms with Crippen LogP contribution in [0.5, 0.6) is 0 Å². The molecule has 0 amide bonds. The van der Waals surface area contributed by atoms with Gasteiger partial charge in [0.1, 0.15) is 5.69 Å². The molecule has 0 aliphatic heterocycles. The van der Waals surface area contributed by atoms with Gasteiger partial charge in [-0.2, -0.15) is 0 Å². The van der Waals surface area contributed by atoms with Gasteiger partial charge in [-0.3, -0.25) is 0 Å². The van der Waals surface area contributed by atoms with E-state index in [4.69, 9.17) is 38.1 Å². The first-order chi connectivity index (χ1) is 12.7. The monoisotopic (exact) mass is 392 g/mol. The second-order valence-corrected chi connectivity index (χ2v) is 5.22. The highest BCUT2D eigenvalue weighted by Crippen LogP contribution is 2.27. The highest BCUT2D eigenvalue weighted by Gasteiger charge is 2.15. The summed E-state index contributed by atoms with van der Waals surface area (Å²) in [4.78, 5) is 25.5. The molecule has 0 aliphatic rings. The first-order valence-electron chi connectivity index (χ1n) is 7.58. The van der Waals surface area contributed by atoms with E-state index in [-0.39, 0.29) is 0 Å². The quantitative estimate of drug-likeness (QED) is 0.658. The van der Waals surface area contributed by atoms with Gasteiger partial charge < -0.3 is 26.5 Å². The maximum absolute atomic E-state index is 9.25. The topological polar surface area (TPSA) is 156 Å². The first kappa shape index (κ1) is 23.6. The van der Waals surface area contributed by atoms with Gasteiger partial charge in [0.15, 0.2) is 0 Å². The molecule has 144 valence electrons. The van der Waals surface area contributed by atoms with Crippen LogP contribution in [0.2, 0.25) is 5.02 Å². The fourth-order valence-corrected chi connectivity index (χ4v) is 1.91. The lowest BCUT2D eigenvalue weighted by Gasteiger charge is -2.07. The fraction of sp³-hybridized carbons (Fsp3) is 0.111. The maximum Gasteiger partial charge on any atom is 0.342 e. The van der Waals surface area contributed by atoms with Gasteiger partial charge in [-0.25, -0.2) is 9.78 Å². The Morgan fingerprint density at radius 3 is 2.11 bits per heavy atom. The van der Waals surface area contributed by atoms with Crippen LogP contribution in [0.4, 0.5) is 11.8 Å². The summed E-state index contributed by atoms with van der Waals surface area (Å²) < 4.78 is 0. The van der Waals surface area contributed by atoms with Crippen molar-refractivity contribution in [2.75, 3.05) is 11.5 Å². The van der Waals surface area contributed by atoms with Crippen LogP contribution in [0.1, 0.15) is 12.6 Å². The number of nitrogens with one attached hydrogen (secondary N) is 1. The number of carbonyl (C=O) groups is 2. The molecule has 0 saturated carbocycles. The molecule has 0 bridgehead atoms. The summed E-state index contributed by atoms with van der Waals surface area (Å²) in [6.45, 7) is 7.87. The Balaban J connectivity index is 0.000000563. The molecular weight excluding hydrogens is 372 g/mol. The molecule has 1 aromatic carbocycles. The van der Waals surface area contributed by atoms with Gasteiger partial charge in [-0.05, 0) is 30.2 Å². The molecule has 0 unspecified atom stereocenters. The molecule has 1 heterocycles. The number of aromatic amines is 1. The zero-order chi connectivity index (χ0) is 21.0. The molecule has 0 spiro atoms. The summed E-state index contributed by atoms with van der Waals surface area (Å²) in [5.74, 6) is -1.36. The van der Waals surface area contributed by atoms with E-state index in [2.05, 4.69) is 23.1 Å². The van der Waals surface area contributed by atoms with Crippen LogP contribution in [-0.4, -0.2) is 22.0 Å². The van der Waals surface area contributed by atoms with Crippen LogP contribution in [-0.2, 0) is 16.0 Å². The number of hydrogen-bond acceptors (Lipinski definition) is 6. The standard InChI is InChI=1S/C12H13ClN4.2C3H4O2/c1-2-9-10(11(14)17-12(15)16-9)7-3-5-8(13)6-4-7;2*1-2-3(4)5/h3-6H,2H2,1H3,(H4,14,15,16,17);2*2H,1H2,(H,4,5). The number of nitrogens with two attached hydrogens (primary N) is 2. The number of carbonyl (C=O) groups excluding carboxylic acids is 1. The number of aliphatic carboxylic acids is 2. The van der Waals surface area contributed by atoms with Gasteiger partial charge in [0.2, 0.25) is 5.82 Å². The molecule has 0 fully saturated rings. The molecule has 0 radical (unpaired) electrons. The van der Waals surface area contributed by atoms with Crippen LogP contribution in [0.25, 0.3) is 11.1 Å². The summed E-state index contributed by atoms with van der Waals surface area (Å²) in [5, 5.41) is 17.4. The Morgan fingerprint density at radius 2 is 1.74 bits per heavy atom. The lowest BCUT2D eigenvalue weighted by Crippen LogP contribution is -2.20. The number of aromatic nitrogens is 2. The van der Waals surface area contributed by atoms with Crippen LogP contribution < -0.4 is 21.6 Å². The Bertz CT molecular complexity index is 790. The second-order valence-electron chi connectivity index (χ2n) is 4.78. The maximum atomic E-state index is 9.25. The van der Waals surface area contributed by atoms with Crippen molar-refractivity contribution in [2.45, 2.75) is 13.3 Å². The number of anilines is 2. The molecule has 6 N–H and O–H groups in total. The van der Waals surface area contributed by atoms with Gasteiger partial charge in [0, 0.05) is 11.1 Å². The minimum atomic E-state index is -1.23. The van der Waals surface area contributed by atoms with Crippen LogP contribution in [0, 0.1) is 0 Å². The van der Waals surface area contributed by atoms with E-state index < -0.39 is 11.9 Å². The number of carboxylic acid groups (broad SMARTS) is 2. The molecule has 2 rings (SSSR count). The summed E-state index contributed by atoms with van der Waals surface area (Å²) in [5.41, 5.74) is 14.3. The van der Waals surface area contributed by atoms with Crippen molar-refractivity contribution in [3.63, 3.8) is 0 Å². The number of rotatable bonds is 4. The zero-order valence-electron chi connectivity index (χ0n) is 14.7. The average Bonchev–Trinajstić information content (AvgIpc) is 2.63. The van der Waals surface area contributed by atoms with E-state index in [0.29, 0.717) is 16.8 Å². The lowest BCUT2D eigenvalue weighted by molar-refractivity contribution is -0.346. The number of halogens is 1. The van der Waals surface area contributed by atoms with E-state index in [9.17, 15) is 4.79 Å². The molecule has 0 atom stereocenters. The Hall–Kier alpha value is -3.39. The van der Waals surface area contributed by atoms with Crippen molar-refractivity contribution in [2.24, 2.45) is 0 Å². The Kier molecular flexibility index (Phi) is 10.5. The number of benzene rings is 1. The Morgan fingerprint density at radius 1 is 1.26 bits per heavy atom. The summed E-state index contributed by atoms with van der Waals surface area (Å²) >= 11 is 5.86. The minimum Gasteiger partial charge on any atom is -0.545 e. The van der Waals surface area contributed by atoms with E-state index in [0.717, 1.165) is 35.4 Å². The third kappa shape index (κ3) is 9.03. The van der Waals surface area contributed by atoms with Gasteiger partial charge in [-0.15, -0.1) is 4.98 Å². The van der Waals surface area contributed by atoms with Crippen molar-refractivity contribution in [3.8, 4) is 11.1 Å². The van der Waals surface area contributed by atoms with Gasteiger partial charge in [0.25, 0.3) is 0 Å². The smallest absolute Gasteiger partial charge is 0.342 e. The summed E-state index contributed by atoms with van der Waals surface area (Å²) in [6, 6.07) is 7.48. The Labute approximate surface area is 161 Å². The van der Waals surface area contributed by atoms with Crippen molar-refractivity contribution < 1.29 is 24.8 Å². The van der Waals surface area contributed by atoms with Crippen LogP contribution >= 0.6 is 11.6 Å². The average molecular weight is 393 g/mol. The van der Waals surface area contributed by atoms with E-state index in [1.54, 1.807) is 0 Å². The van der Waals surface area contributed by atoms with Crippen molar-refractivity contribution in [1.82, 2.24) is 4.98 Å². The van der Waals surface area contributed by atoms with Gasteiger partial charge in [-0.1, -0.05) is 43.8 Å². The number of H-pyrrole nitrogens is 1. The zero-order valence-corrected chi connectivity index (χ0v) is 15.5. The minimum absolute atomic E-state index is 0.331. The molecule has 1 aromatic heterocycles. The predicted octanol–water partition coefficient (Wildman–Crippen LogP) is 1.12. The third-order valence-corrected chi connectivity index (χ3v) is 3.14. The number of aryl methyl sites for hydroxylation is 1.